The molecule has 0 aliphatic carbocycles. The number of likely N-dealkylation sites (tertiary alicyclic amines) is 1. The SMILES string of the molecule is COc1ccc(N2C[C@H](c3nc4ccccc4n3CC(=O)N3CCCCCC3)CC2=O)cc1. The van der Waals surface area contributed by atoms with Gasteiger partial charge in [0.1, 0.15) is 18.1 Å². The highest BCUT2D eigenvalue weighted by Crippen LogP contribution is 2.34. The first kappa shape index (κ1) is 21.5. The monoisotopic (exact) mass is 446 g/mol. The zero-order chi connectivity index (χ0) is 22.8. The number of fused-ring (bicyclic) bond motifs is 1. The number of carbonyl (C=O) groups is 2. The fourth-order valence-corrected chi connectivity index (χ4v) is 5.02. The van der Waals surface area contributed by atoms with Gasteiger partial charge in [-0.25, -0.2) is 4.98 Å². The smallest absolute Gasteiger partial charge is 0.242 e. The summed E-state index contributed by atoms with van der Waals surface area (Å²) in [5.41, 5.74) is 2.67. The first-order valence-electron chi connectivity index (χ1n) is 11.8. The molecule has 5 rings (SSSR count). The molecule has 1 atom stereocenters. The molecule has 0 radical (unpaired) electrons. The zero-order valence-corrected chi connectivity index (χ0v) is 19.1. The van der Waals surface area contributed by atoms with E-state index in [1.807, 2.05) is 62.9 Å². The topological polar surface area (TPSA) is 67.7 Å². The number of rotatable bonds is 5. The lowest BCUT2D eigenvalue weighted by Crippen LogP contribution is -2.35. The van der Waals surface area contributed by atoms with Crippen molar-refractivity contribution in [2.45, 2.75) is 44.6 Å². The minimum Gasteiger partial charge on any atom is -0.497 e. The van der Waals surface area contributed by atoms with Gasteiger partial charge in [-0.3, -0.25) is 9.59 Å². The highest BCUT2D eigenvalue weighted by molar-refractivity contribution is 5.96. The molecule has 0 saturated carbocycles. The minimum atomic E-state index is -0.0658. The number of hydrogen-bond acceptors (Lipinski definition) is 4. The fraction of sp³-hybridized carbons (Fsp3) is 0.423. The van der Waals surface area contributed by atoms with Crippen molar-refractivity contribution in [1.82, 2.24) is 14.5 Å². The van der Waals surface area contributed by atoms with E-state index in [0.717, 1.165) is 54.2 Å². The normalized spacial score (nSPS) is 19.2. The quantitative estimate of drug-likeness (QED) is 0.595. The highest BCUT2D eigenvalue weighted by Gasteiger charge is 2.35. The average molecular weight is 447 g/mol. The van der Waals surface area contributed by atoms with Crippen molar-refractivity contribution < 1.29 is 14.3 Å². The number of benzene rings is 2. The lowest BCUT2D eigenvalue weighted by atomic mass is 10.1. The molecule has 2 fully saturated rings. The number of ether oxygens (including phenoxy) is 1. The molecule has 2 saturated heterocycles. The Hall–Kier alpha value is -3.35. The molecule has 2 aliphatic heterocycles. The van der Waals surface area contributed by atoms with Crippen LogP contribution in [0.15, 0.2) is 48.5 Å². The predicted molar refractivity (Wildman–Crippen MR) is 127 cm³/mol. The van der Waals surface area contributed by atoms with Gasteiger partial charge in [-0.1, -0.05) is 25.0 Å². The summed E-state index contributed by atoms with van der Waals surface area (Å²) in [6.45, 7) is 2.47. The molecule has 33 heavy (non-hydrogen) atoms. The summed E-state index contributed by atoms with van der Waals surface area (Å²) in [6, 6.07) is 15.5. The third kappa shape index (κ3) is 4.32. The van der Waals surface area contributed by atoms with Gasteiger partial charge in [-0.2, -0.15) is 0 Å². The Balaban J connectivity index is 1.43. The van der Waals surface area contributed by atoms with Gasteiger partial charge < -0.3 is 19.1 Å². The van der Waals surface area contributed by atoms with Crippen LogP contribution in [-0.2, 0) is 16.1 Å². The first-order chi connectivity index (χ1) is 16.1. The van der Waals surface area contributed by atoms with Gasteiger partial charge in [-0.05, 0) is 49.2 Å². The van der Waals surface area contributed by atoms with Crippen LogP contribution in [0.5, 0.6) is 5.75 Å². The van der Waals surface area contributed by atoms with Crippen LogP contribution in [0.1, 0.15) is 43.8 Å². The molecule has 0 bridgehead atoms. The molecular formula is C26H30N4O3. The number of aromatic nitrogens is 2. The molecule has 3 aromatic rings. The largest absolute Gasteiger partial charge is 0.497 e. The van der Waals surface area contributed by atoms with E-state index >= 15 is 0 Å². The van der Waals surface area contributed by atoms with Crippen LogP contribution < -0.4 is 9.64 Å². The Labute approximate surface area is 193 Å². The van der Waals surface area contributed by atoms with Crippen LogP contribution in [0, 0.1) is 0 Å². The van der Waals surface area contributed by atoms with E-state index < -0.39 is 0 Å². The standard InChI is InChI=1S/C26H30N4O3/c1-33-21-12-10-20(11-13-21)29-17-19(16-24(29)31)26-27-22-8-4-5-9-23(22)30(26)18-25(32)28-14-6-2-3-7-15-28/h4-5,8-13,19H,2-3,6-7,14-18H2,1H3/t19-/m1/s1. The number of imidazole rings is 1. The predicted octanol–water partition coefficient (Wildman–Crippen LogP) is 3.97. The summed E-state index contributed by atoms with van der Waals surface area (Å²) in [5.74, 6) is 1.73. The summed E-state index contributed by atoms with van der Waals surface area (Å²) in [6.07, 6.45) is 4.89. The maximum Gasteiger partial charge on any atom is 0.242 e. The van der Waals surface area contributed by atoms with E-state index in [1.165, 1.54) is 12.8 Å². The highest BCUT2D eigenvalue weighted by atomic mass is 16.5. The fourth-order valence-electron chi connectivity index (χ4n) is 5.02. The number of carbonyl (C=O) groups excluding carboxylic acids is 2. The summed E-state index contributed by atoms with van der Waals surface area (Å²) < 4.78 is 7.28. The van der Waals surface area contributed by atoms with Crippen molar-refractivity contribution in [1.29, 1.82) is 0 Å². The van der Waals surface area contributed by atoms with Crippen LogP contribution in [0.2, 0.25) is 0 Å². The van der Waals surface area contributed by atoms with E-state index in [1.54, 1.807) is 7.11 Å². The van der Waals surface area contributed by atoms with E-state index in [0.29, 0.717) is 13.0 Å². The second-order valence-electron chi connectivity index (χ2n) is 8.94. The third-order valence-electron chi connectivity index (χ3n) is 6.81. The molecule has 2 aromatic carbocycles. The number of amides is 2. The zero-order valence-electron chi connectivity index (χ0n) is 19.1. The van der Waals surface area contributed by atoms with Crippen LogP contribution in [-0.4, -0.2) is 53.0 Å². The van der Waals surface area contributed by atoms with Crippen LogP contribution in [0.4, 0.5) is 5.69 Å². The van der Waals surface area contributed by atoms with E-state index in [9.17, 15) is 9.59 Å². The maximum atomic E-state index is 13.2. The van der Waals surface area contributed by atoms with E-state index in [2.05, 4.69) is 0 Å². The molecule has 0 N–H and O–H groups in total. The van der Waals surface area contributed by atoms with Crippen molar-refractivity contribution in [3.8, 4) is 5.75 Å². The molecule has 0 unspecified atom stereocenters. The van der Waals surface area contributed by atoms with Crippen LogP contribution in [0.25, 0.3) is 11.0 Å². The second kappa shape index (κ2) is 9.25. The van der Waals surface area contributed by atoms with Crippen molar-refractivity contribution >= 4 is 28.5 Å². The number of nitrogens with zero attached hydrogens (tertiary/aromatic N) is 4. The molecule has 0 spiro atoms. The summed E-state index contributed by atoms with van der Waals surface area (Å²) in [7, 11) is 1.63. The molecule has 2 amide bonds. The van der Waals surface area contributed by atoms with E-state index in [4.69, 9.17) is 9.72 Å². The van der Waals surface area contributed by atoms with Gasteiger partial charge in [-0.15, -0.1) is 0 Å². The molecule has 7 heteroatoms. The molecule has 3 heterocycles. The van der Waals surface area contributed by atoms with Crippen LogP contribution >= 0.6 is 0 Å². The van der Waals surface area contributed by atoms with Crippen molar-refractivity contribution in [3.05, 3.63) is 54.4 Å². The Morgan fingerprint density at radius 3 is 2.48 bits per heavy atom. The molecule has 1 aromatic heterocycles. The minimum absolute atomic E-state index is 0.0658. The number of para-hydroxylation sites is 2. The molecule has 7 nitrogen and oxygen atoms in total. The number of anilines is 1. The Kier molecular flexibility index (Phi) is 6.03. The first-order valence-corrected chi connectivity index (χ1v) is 11.8. The lowest BCUT2D eigenvalue weighted by molar-refractivity contribution is -0.131. The second-order valence-corrected chi connectivity index (χ2v) is 8.94. The lowest BCUT2D eigenvalue weighted by Gasteiger charge is -2.22. The average Bonchev–Trinajstić information content (AvgIpc) is 3.27. The van der Waals surface area contributed by atoms with Gasteiger partial charge >= 0.3 is 0 Å². The van der Waals surface area contributed by atoms with Gasteiger partial charge in [0.25, 0.3) is 0 Å². The van der Waals surface area contributed by atoms with Gasteiger partial charge in [0.15, 0.2) is 0 Å². The number of hydrogen-bond donors (Lipinski definition) is 0. The third-order valence-corrected chi connectivity index (χ3v) is 6.81. The molecular weight excluding hydrogens is 416 g/mol. The maximum absolute atomic E-state index is 13.2. The molecule has 172 valence electrons. The van der Waals surface area contributed by atoms with Gasteiger partial charge in [0.2, 0.25) is 11.8 Å². The van der Waals surface area contributed by atoms with Gasteiger partial charge in [0, 0.05) is 37.7 Å². The summed E-state index contributed by atoms with van der Waals surface area (Å²) in [5, 5.41) is 0. The van der Waals surface area contributed by atoms with E-state index in [-0.39, 0.29) is 24.3 Å². The summed E-state index contributed by atoms with van der Waals surface area (Å²) >= 11 is 0. The summed E-state index contributed by atoms with van der Waals surface area (Å²) in [4.78, 5) is 34.9. The van der Waals surface area contributed by atoms with Crippen molar-refractivity contribution in [3.63, 3.8) is 0 Å². The Bertz CT molecular complexity index is 1150. The Morgan fingerprint density at radius 2 is 1.76 bits per heavy atom. The van der Waals surface area contributed by atoms with Crippen molar-refractivity contribution in [2.24, 2.45) is 0 Å². The van der Waals surface area contributed by atoms with Crippen LogP contribution in [0.3, 0.4) is 0 Å². The molecule has 2 aliphatic rings. The Morgan fingerprint density at radius 1 is 1.03 bits per heavy atom. The van der Waals surface area contributed by atoms with Crippen molar-refractivity contribution in [2.75, 3.05) is 31.6 Å². The number of methoxy groups -OCH3 is 1. The van der Waals surface area contributed by atoms with Gasteiger partial charge in [0.05, 0.1) is 18.1 Å².